The Balaban J connectivity index is 2.07. The molecule has 1 aromatic carbocycles. The quantitative estimate of drug-likeness (QED) is 0.604. The summed E-state index contributed by atoms with van der Waals surface area (Å²) in [5.41, 5.74) is 1.79. The van der Waals surface area contributed by atoms with Crippen molar-refractivity contribution < 1.29 is 13.5 Å². The highest BCUT2D eigenvalue weighted by atomic mass is 79.9. The predicted molar refractivity (Wildman–Crippen MR) is 76.7 cm³/mol. The van der Waals surface area contributed by atoms with Gasteiger partial charge in [-0.25, -0.2) is 13.6 Å². The molecule has 0 bridgehead atoms. The van der Waals surface area contributed by atoms with Crippen LogP contribution in [0.3, 0.4) is 0 Å². The third-order valence-corrected chi connectivity index (χ3v) is 3.87. The fraction of sp³-hybridized carbons (Fsp3) is 0.417. The summed E-state index contributed by atoms with van der Waals surface area (Å²) < 4.78 is 29.4. The Kier molecular flexibility index (Phi) is 5.17. The number of rotatable bonds is 6. The lowest BCUT2D eigenvalue weighted by molar-refractivity contribution is 0.0165. The molecule has 2 aromatic rings. The van der Waals surface area contributed by atoms with Crippen LogP contribution in [0.15, 0.2) is 21.4 Å². The molecule has 8 heteroatoms. The normalized spacial score (nSPS) is 13.2. The summed E-state index contributed by atoms with van der Waals surface area (Å²) in [7, 11) is 0. The first-order valence-corrected chi connectivity index (χ1v) is 7.11. The lowest BCUT2D eigenvalue weighted by Gasteiger charge is -2.12. The summed E-state index contributed by atoms with van der Waals surface area (Å²) in [5, 5.41) is -0.398. The lowest BCUT2D eigenvalue weighted by Crippen LogP contribution is -2.07. The fourth-order valence-electron chi connectivity index (χ4n) is 1.83. The zero-order valence-corrected chi connectivity index (χ0v) is 12.6. The summed E-state index contributed by atoms with van der Waals surface area (Å²) >= 11 is 9.61. The molecule has 20 heavy (non-hydrogen) atoms. The van der Waals surface area contributed by atoms with E-state index in [9.17, 15) is 13.6 Å². The number of aromatic amines is 2. The summed E-state index contributed by atoms with van der Waals surface area (Å²) in [6.07, 6.45) is -2.08. The topological polar surface area (TPSA) is 57.9 Å². The highest BCUT2D eigenvalue weighted by Crippen LogP contribution is 2.32. The van der Waals surface area contributed by atoms with Crippen molar-refractivity contribution in [1.29, 1.82) is 0 Å². The van der Waals surface area contributed by atoms with E-state index in [4.69, 9.17) is 16.3 Å². The average Bonchev–Trinajstić information content (AvgIpc) is 2.72. The van der Waals surface area contributed by atoms with E-state index < -0.39 is 18.4 Å². The largest absolute Gasteiger partial charge is 0.375 e. The molecule has 0 radical (unpaired) electrons. The van der Waals surface area contributed by atoms with E-state index in [2.05, 4.69) is 25.9 Å². The van der Waals surface area contributed by atoms with Gasteiger partial charge in [0.15, 0.2) is 0 Å². The fourth-order valence-corrected chi connectivity index (χ4v) is 2.85. The first-order valence-electron chi connectivity index (χ1n) is 5.88. The third-order valence-electron chi connectivity index (χ3n) is 2.73. The number of H-pyrrole nitrogens is 2. The highest BCUT2D eigenvalue weighted by molar-refractivity contribution is 9.10. The van der Waals surface area contributed by atoms with E-state index in [-0.39, 0.29) is 12.3 Å². The molecule has 1 unspecified atom stereocenters. The molecule has 1 aromatic heterocycles. The number of halogens is 4. The van der Waals surface area contributed by atoms with Crippen molar-refractivity contribution in [3.05, 3.63) is 32.7 Å². The van der Waals surface area contributed by atoms with Crippen LogP contribution in [0.4, 0.5) is 8.78 Å². The average molecular weight is 370 g/mol. The van der Waals surface area contributed by atoms with Gasteiger partial charge in [-0.2, -0.15) is 0 Å². The smallest absolute Gasteiger partial charge is 0.323 e. The van der Waals surface area contributed by atoms with Crippen LogP contribution in [0.1, 0.15) is 17.4 Å². The van der Waals surface area contributed by atoms with Crippen molar-refractivity contribution in [1.82, 2.24) is 9.97 Å². The number of hydrogen-bond acceptors (Lipinski definition) is 2. The molecule has 0 spiro atoms. The van der Waals surface area contributed by atoms with Crippen LogP contribution >= 0.6 is 27.5 Å². The Morgan fingerprint density at radius 2 is 1.95 bits per heavy atom. The van der Waals surface area contributed by atoms with Gasteiger partial charge >= 0.3 is 5.69 Å². The van der Waals surface area contributed by atoms with E-state index in [0.717, 1.165) is 10.0 Å². The molecule has 2 N–H and O–H groups in total. The zero-order valence-electron chi connectivity index (χ0n) is 10.3. The van der Waals surface area contributed by atoms with Crippen molar-refractivity contribution in [3.63, 3.8) is 0 Å². The first-order chi connectivity index (χ1) is 9.47. The van der Waals surface area contributed by atoms with Crippen LogP contribution in [-0.4, -0.2) is 29.6 Å². The number of alkyl halides is 3. The number of benzene rings is 1. The van der Waals surface area contributed by atoms with Gasteiger partial charge in [-0.1, -0.05) is 15.9 Å². The highest BCUT2D eigenvalue weighted by Gasteiger charge is 2.14. The molecule has 0 saturated heterocycles. The van der Waals surface area contributed by atoms with E-state index in [0.29, 0.717) is 17.5 Å². The van der Waals surface area contributed by atoms with E-state index in [1.807, 2.05) is 0 Å². The minimum absolute atomic E-state index is 0.145. The van der Waals surface area contributed by atoms with Gasteiger partial charge in [0, 0.05) is 11.1 Å². The van der Waals surface area contributed by atoms with Crippen LogP contribution in [-0.2, 0) is 4.74 Å². The van der Waals surface area contributed by atoms with Gasteiger partial charge in [0.25, 0.3) is 6.43 Å². The molecular weight excluding hydrogens is 357 g/mol. The van der Waals surface area contributed by atoms with Gasteiger partial charge in [-0.05, 0) is 24.1 Å². The van der Waals surface area contributed by atoms with Crippen LogP contribution in [0, 0.1) is 0 Å². The number of aromatic nitrogens is 2. The number of hydrogen-bond donors (Lipinski definition) is 2. The number of nitrogens with one attached hydrogen (secondary N) is 2. The summed E-state index contributed by atoms with van der Waals surface area (Å²) in [4.78, 5) is 16.5. The maximum atomic E-state index is 11.9. The molecule has 1 heterocycles. The first kappa shape index (κ1) is 15.5. The van der Waals surface area contributed by atoms with Crippen molar-refractivity contribution in [2.24, 2.45) is 0 Å². The second kappa shape index (κ2) is 6.69. The summed E-state index contributed by atoms with van der Waals surface area (Å²) in [5.74, 6) is 0. The Morgan fingerprint density at radius 3 is 2.60 bits per heavy atom. The van der Waals surface area contributed by atoms with Crippen LogP contribution < -0.4 is 5.69 Å². The Labute approximate surface area is 126 Å². The summed E-state index contributed by atoms with van der Waals surface area (Å²) in [6, 6.07) is 3.50. The van der Waals surface area contributed by atoms with Crippen molar-refractivity contribution in [2.45, 2.75) is 18.2 Å². The van der Waals surface area contributed by atoms with Crippen molar-refractivity contribution in [2.75, 3.05) is 13.2 Å². The minimum atomic E-state index is -2.48. The monoisotopic (exact) mass is 368 g/mol. The molecule has 110 valence electrons. The molecule has 0 saturated carbocycles. The Morgan fingerprint density at radius 1 is 1.30 bits per heavy atom. The van der Waals surface area contributed by atoms with Gasteiger partial charge < -0.3 is 14.7 Å². The molecular formula is C12H12BrClF2N2O2. The Hall–Kier alpha value is -0.920. The maximum Gasteiger partial charge on any atom is 0.323 e. The predicted octanol–water partition coefficient (Wildman–Crippen LogP) is 3.57. The second-order valence-electron chi connectivity index (χ2n) is 4.22. The number of fused-ring (bicyclic) bond motifs is 1. The second-order valence-corrected chi connectivity index (χ2v) is 5.60. The molecule has 0 amide bonds. The zero-order chi connectivity index (χ0) is 14.7. The molecule has 4 nitrogen and oxygen atoms in total. The van der Waals surface area contributed by atoms with Crippen LogP contribution in [0.2, 0.25) is 0 Å². The molecule has 0 aliphatic heterocycles. The van der Waals surface area contributed by atoms with Gasteiger partial charge in [-0.3, -0.25) is 0 Å². The van der Waals surface area contributed by atoms with E-state index in [1.54, 1.807) is 12.1 Å². The Bertz CT molecular complexity index is 644. The van der Waals surface area contributed by atoms with Crippen LogP contribution in [0.5, 0.6) is 0 Å². The molecule has 1 atom stereocenters. The van der Waals surface area contributed by atoms with Gasteiger partial charge in [-0.15, -0.1) is 11.6 Å². The standard InChI is InChI=1S/C12H12BrClF2N2O2/c13-7-4-10-9(17-12(19)18-10)3-6(7)8(14)1-2-20-5-11(15)16/h3-4,8,11H,1-2,5H2,(H2,17,18,19). The maximum absolute atomic E-state index is 11.9. The molecule has 0 aliphatic rings. The number of imidazole rings is 1. The minimum Gasteiger partial charge on any atom is -0.375 e. The third kappa shape index (κ3) is 3.80. The molecule has 0 fully saturated rings. The van der Waals surface area contributed by atoms with E-state index in [1.165, 1.54) is 0 Å². The van der Waals surface area contributed by atoms with Gasteiger partial charge in [0.1, 0.15) is 6.61 Å². The van der Waals surface area contributed by atoms with Gasteiger partial charge in [0.2, 0.25) is 0 Å². The van der Waals surface area contributed by atoms with Crippen LogP contribution in [0.25, 0.3) is 11.0 Å². The van der Waals surface area contributed by atoms with E-state index >= 15 is 0 Å². The van der Waals surface area contributed by atoms with Gasteiger partial charge in [0.05, 0.1) is 16.4 Å². The molecule has 2 rings (SSSR count). The SMILES string of the molecule is O=c1[nH]c2cc(Br)c(C(Cl)CCOCC(F)F)cc2[nH]1. The van der Waals surface area contributed by atoms with Crippen molar-refractivity contribution in [3.8, 4) is 0 Å². The molecule has 0 aliphatic carbocycles. The summed E-state index contributed by atoms with van der Waals surface area (Å²) in [6.45, 7) is -0.443. The van der Waals surface area contributed by atoms with Crippen molar-refractivity contribution >= 4 is 38.6 Å². The number of ether oxygens (including phenoxy) is 1. The lowest BCUT2D eigenvalue weighted by atomic mass is 10.1.